The Kier molecular flexibility index (Phi) is 34.2. The second-order valence-electron chi connectivity index (χ2n) is 12.8. The van der Waals surface area contributed by atoms with Gasteiger partial charge in [0.25, 0.3) is 0 Å². The van der Waals surface area contributed by atoms with Crippen molar-refractivity contribution in [2.75, 3.05) is 26.4 Å². The maximum atomic E-state index is 12.5. The molecule has 0 spiro atoms. The molecule has 3 N–H and O–H groups in total. The lowest BCUT2D eigenvalue weighted by Gasteiger charge is -2.19. The van der Waals surface area contributed by atoms with E-state index in [1.54, 1.807) is 0 Å². The summed E-state index contributed by atoms with van der Waals surface area (Å²) in [6, 6.07) is 0. The van der Waals surface area contributed by atoms with E-state index in [-0.39, 0.29) is 32.6 Å². The number of hydrogen-bond donors (Lipinski definition) is 2. The lowest BCUT2D eigenvalue weighted by molar-refractivity contribution is -0.161. The Labute approximate surface area is 293 Å². The molecule has 0 aliphatic carbocycles. The van der Waals surface area contributed by atoms with E-state index in [1.807, 2.05) is 0 Å². The summed E-state index contributed by atoms with van der Waals surface area (Å²) in [6.07, 6.45) is 34.9. The smallest absolute Gasteiger partial charge is 0.462 e. The number of unbranched alkanes of at least 4 members (excludes halogenated alkanes) is 19. The van der Waals surface area contributed by atoms with E-state index in [0.29, 0.717) is 6.42 Å². The fraction of sp³-hybridized carbons (Fsp3) is 0.842. The SMILES string of the molecule is CCCC/C=C\CCCCCCCC(=O)O[C@H](COC(=O)CCCCCCC/C=C\CCCCCCCCC)COP(=O)(O)OCCN. The van der Waals surface area contributed by atoms with Gasteiger partial charge < -0.3 is 20.1 Å². The molecule has 0 fully saturated rings. The molecule has 282 valence electrons. The first kappa shape index (κ1) is 46.5. The average Bonchev–Trinajstić information content (AvgIpc) is 3.07. The summed E-state index contributed by atoms with van der Waals surface area (Å²) >= 11 is 0. The molecule has 0 aliphatic heterocycles. The van der Waals surface area contributed by atoms with Crippen LogP contribution in [0.3, 0.4) is 0 Å². The second kappa shape index (κ2) is 35.3. The van der Waals surface area contributed by atoms with Crippen molar-refractivity contribution in [2.24, 2.45) is 5.73 Å². The van der Waals surface area contributed by atoms with Crippen molar-refractivity contribution >= 4 is 19.8 Å². The van der Waals surface area contributed by atoms with Gasteiger partial charge in [0.05, 0.1) is 13.2 Å². The zero-order chi connectivity index (χ0) is 35.4. The molecule has 0 aliphatic rings. The Morgan fingerprint density at radius 1 is 0.604 bits per heavy atom. The van der Waals surface area contributed by atoms with Gasteiger partial charge in [0, 0.05) is 19.4 Å². The normalized spacial score (nSPS) is 13.7. The molecule has 0 bridgehead atoms. The van der Waals surface area contributed by atoms with E-state index in [9.17, 15) is 19.0 Å². The van der Waals surface area contributed by atoms with Crippen molar-refractivity contribution < 1.29 is 37.6 Å². The predicted molar refractivity (Wildman–Crippen MR) is 197 cm³/mol. The summed E-state index contributed by atoms with van der Waals surface area (Å²) in [5.74, 6) is -0.849. The molecular formula is C38H72NO8P. The Hall–Kier alpha value is -1.51. The number of phosphoric acid groups is 1. The number of esters is 2. The molecule has 0 rings (SSSR count). The molecule has 0 amide bonds. The van der Waals surface area contributed by atoms with Crippen LogP contribution in [0.25, 0.3) is 0 Å². The third-order valence-electron chi connectivity index (χ3n) is 8.06. The van der Waals surface area contributed by atoms with Gasteiger partial charge in [-0.1, -0.05) is 128 Å². The lowest BCUT2D eigenvalue weighted by Crippen LogP contribution is -2.29. The quantitative estimate of drug-likeness (QED) is 0.0283. The summed E-state index contributed by atoms with van der Waals surface area (Å²) in [5.41, 5.74) is 5.33. The van der Waals surface area contributed by atoms with Crippen molar-refractivity contribution in [1.29, 1.82) is 0 Å². The monoisotopic (exact) mass is 701 g/mol. The number of hydrogen-bond acceptors (Lipinski definition) is 8. The van der Waals surface area contributed by atoms with E-state index >= 15 is 0 Å². The van der Waals surface area contributed by atoms with Crippen LogP contribution in [0.15, 0.2) is 24.3 Å². The molecule has 1 unspecified atom stereocenters. The fourth-order valence-corrected chi connectivity index (χ4v) is 5.90. The summed E-state index contributed by atoms with van der Waals surface area (Å²) in [5, 5.41) is 0. The lowest BCUT2D eigenvalue weighted by atomic mass is 10.1. The highest BCUT2D eigenvalue weighted by Crippen LogP contribution is 2.43. The molecule has 0 radical (unpaired) electrons. The van der Waals surface area contributed by atoms with Crippen molar-refractivity contribution in [3.05, 3.63) is 24.3 Å². The van der Waals surface area contributed by atoms with Gasteiger partial charge in [0.15, 0.2) is 6.10 Å². The zero-order valence-corrected chi connectivity index (χ0v) is 31.6. The van der Waals surface area contributed by atoms with E-state index in [4.69, 9.17) is 24.3 Å². The Balaban J connectivity index is 4.21. The highest BCUT2D eigenvalue weighted by atomic mass is 31.2. The van der Waals surface area contributed by atoms with Crippen molar-refractivity contribution in [2.45, 2.75) is 180 Å². The minimum atomic E-state index is -4.37. The van der Waals surface area contributed by atoms with Gasteiger partial charge in [-0.3, -0.25) is 18.6 Å². The first-order valence-electron chi connectivity index (χ1n) is 19.3. The average molecular weight is 702 g/mol. The number of allylic oxidation sites excluding steroid dienone is 4. The highest BCUT2D eigenvalue weighted by Gasteiger charge is 2.25. The van der Waals surface area contributed by atoms with Crippen LogP contribution in [0, 0.1) is 0 Å². The molecule has 10 heteroatoms. The van der Waals surface area contributed by atoms with E-state index in [2.05, 4.69) is 38.2 Å². The molecule has 0 aromatic heterocycles. The van der Waals surface area contributed by atoms with Gasteiger partial charge in [-0.15, -0.1) is 0 Å². The van der Waals surface area contributed by atoms with Gasteiger partial charge in [0.1, 0.15) is 6.61 Å². The van der Waals surface area contributed by atoms with Crippen LogP contribution in [0.4, 0.5) is 0 Å². The molecule has 0 saturated heterocycles. The summed E-state index contributed by atoms with van der Waals surface area (Å²) in [7, 11) is -4.37. The number of rotatable bonds is 36. The fourth-order valence-electron chi connectivity index (χ4n) is 5.14. The van der Waals surface area contributed by atoms with Gasteiger partial charge in [0.2, 0.25) is 0 Å². The van der Waals surface area contributed by atoms with Gasteiger partial charge in [-0.25, -0.2) is 4.57 Å². The third-order valence-corrected chi connectivity index (χ3v) is 9.04. The van der Waals surface area contributed by atoms with Crippen LogP contribution < -0.4 is 5.73 Å². The largest absolute Gasteiger partial charge is 0.472 e. The van der Waals surface area contributed by atoms with Crippen LogP contribution in [-0.2, 0) is 32.7 Å². The summed E-state index contributed by atoms with van der Waals surface area (Å²) in [6.45, 7) is 3.66. The molecule has 0 heterocycles. The van der Waals surface area contributed by atoms with E-state index in [1.165, 1.54) is 64.2 Å². The topological polar surface area (TPSA) is 134 Å². The predicted octanol–water partition coefficient (Wildman–Crippen LogP) is 10.4. The van der Waals surface area contributed by atoms with Crippen LogP contribution in [-0.4, -0.2) is 49.3 Å². The van der Waals surface area contributed by atoms with E-state index < -0.39 is 32.5 Å². The number of carbonyl (C=O) groups excluding carboxylic acids is 2. The minimum Gasteiger partial charge on any atom is -0.462 e. The highest BCUT2D eigenvalue weighted by molar-refractivity contribution is 7.47. The minimum absolute atomic E-state index is 0.0516. The summed E-state index contributed by atoms with van der Waals surface area (Å²) < 4.78 is 32.6. The molecule has 2 atom stereocenters. The van der Waals surface area contributed by atoms with Crippen LogP contribution >= 0.6 is 7.82 Å². The maximum Gasteiger partial charge on any atom is 0.472 e. The Morgan fingerprint density at radius 2 is 1.04 bits per heavy atom. The number of nitrogens with two attached hydrogens (primary N) is 1. The molecule has 0 aromatic rings. The van der Waals surface area contributed by atoms with Crippen molar-refractivity contribution in [3.8, 4) is 0 Å². The number of phosphoric ester groups is 1. The van der Waals surface area contributed by atoms with E-state index in [0.717, 1.165) is 77.0 Å². The molecule has 0 aromatic carbocycles. The van der Waals surface area contributed by atoms with Gasteiger partial charge in [-0.05, 0) is 57.8 Å². The van der Waals surface area contributed by atoms with Crippen LogP contribution in [0.1, 0.15) is 174 Å². The Bertz CT molecular complexity index is 851. The van der Waals surface area contributed by atoms with Crippen molar-refractivity contribution in [1.82, 2.24) is 0 Å². The molecule has 0 saturated carbocycles. The van der Waals surface area contributed by atoms with Gasteiger partial charge in [-0.2, -0.15) is 0 Å². The molecule has 48 heavy (non-hydrogen) atoms. The van der Waals surface area contributed by atoms with Crippen LogP contribution in [0.5, 0.6) is 0 Å². The number of carbonyl (C=O) groups is 2. The molecule has 9 nitrogen and oxygen atoms in total. The van der Waals surface area contributed by atoms with Crippen molar-refractivity contribution in [3.63, 3.8) is 0 Å². The van der Waals surface area contributed by atoms with Gasteiger partial charge >= 0.3 is 19.8 Å². The zero-order valence-electron chi connectivity index (χ0n) is 30.7. The van der Waals surface area contributed by atoms with Crippen LogP contribution in [0.2, 0.25) is 0 Å². The standard InChI is InChI=1S/C38H72NO8P/c1-3-5-7-9-11-13-15-16-17-18-19-21-22-24-26-28-30-37(40)44-34-36(35-46-48(42,43)45-33-32-39)47-38(41)31-29-27-25-23-20-14-12-10-8-6-4-2/h10,12,17-18,36H,3-9,11,13-16,19-35,39H2,1-2H3,(H,42,43)/b12-10-,18-17-/t36-/m1/s1. The first-order valence-corrected chi connectivity index (χ1v) is 20.8. The summed E-state index contributed by atoms with van der Waals surface area (Å²) in [4.78, 5) is 34.7. The third kappa shape index (κ3) is 34.4. The maximum absolute atomic E-state index is 12.5. The number of ether oxygens (including phenoxy) is 2. The second-order valence-corrected chi connectivity index (χ2v) is 14.2. The Morgan fingerprint density at radius 3 is 1.54 bits per heavy atom. The first-order chi connectivity index (χ1) is 23.3. The molecular weight excluding hydrogens is 629 g/mol.